The Morgan fingerprint density at radius 1 is 1.21 bits per heavy atom. The van der Waals surface area contributed by atoms with Gasteiger partial charge in [0, 0.05) is 34.5 Å². The number of hydrogen-bond donors (Lipinski definition) is 1. The number of benzene rings is 2. The number of aromatic nitrogens is 4. The molecule has 174 valence electrons. The van der Waals surface area contributed by atoms with Crippen molar-refractivity contribution in [2.24, 2.45) is 0 Å². The number of anilines is 1. The minimum atomic E-state index is 0.0328. The second kappa shape index (κ2) is 10.3. The van der Waals surface area contributed by atoms with Gasteiger partial charge in [-0.15, -0.1) is 22.4 Å². The molecule has 0 bridgehead atoms. The van der Waals surface area contributed by atoms with E-state index in [4.69, 9.17) is 4.74 Å². The molecule has 1 saturated heterocycles. The van der Waals surface area contributed by atoms with Crippen LogP contribution in [-0.2, 0) is 13.0 Å². The first kappa shape index (κ1) is 22.4. The lowest BCUT2D eigenvalue weighted by atomic mass is 9.96. The summed E-state index contributed by atoms with van der Waals surface area (Å²) in [5.41, 5.74) is 3.69. The summed E-state index contributed by atoms with van der Waals surface area (Å²) >= 11 is 1.83. The summed E-state index contributed by atoms with van der Waals surface area (Å²) in [5.74, 6) is 7.89. The molecule has 2 atom stereocenters. The summed E-state index contributed by atoms with van der Waals surface area (Å²) in [7, 11) is 0. The van der Waals surface area contributed by atoms with Crippen LogP contribution in [0.2, 0.25) is 0 Å². The highest BCUT2D eigenvalue weighted by Crippen LogP contribution is 2.37. The highest BCUT2D eigenvalue weighted by Gasteiger charge is 2.21. The maximum atomic E-state index is 6.14. The van der Waals surface area contributed by atoms with Gasteiger partial charge in [-0.1, -0.05) is 24.1 Å². The fourth-order valence-electron chi connectivity index (χ4n) is 4.68. The van der Waals surface area contributed by atoms with Gasteiger partial charge in [-0.05, 0) is 78.9 Å². The maximum Gasteiger partial charge on any atom is 0.150 e. The van der Waals surface area contributed by atoms with Crippen LogP contribution in [0.25, 0.3) is 10.1 Å². The Balaban J connectivity index is 1.27. The van der Waals surface area contributed by atoms with Crippen LogP contribution in [0.15, 0.2) is 47.8 Å². The van der Waals surface area contributed by atoms with E-state index in [9.17, 15) is 0 Å². The predicted octanol–water partition coefficient (Wildman–Crippen LogP) is 5.72. The zero-order chi connectivity index (χ0) is 23.3. The van der Waals surface area contributed by atoms with Crippen LogP contribution in [-0.4, -0.2) is 33.2 Å². The van der Waals surface area contributed by atoms with Gasteiger partial charge >= 0.3 is 0 Å². The van der Waals surface area contributed by atoms with Crippen LogP contribution >= 0.6 is 11.3 Å². The SMILES string of the molecule is CC#CC(Cc1nnn[nH]1)c1ccc(OCc2ccc3scc(N4CCCCC4C)c3c2)cc1. The first-order valence-electron chi connectivity index (χ1n) is 11.9. The van der Waals surface area contributed by atoms with Crippen LogP contribution in [0.1, 0.15) is 56.0 Å². The third-order valence-electron chi connectivity index (χ3n) is 6.52. The van der Waals surface area contributed by atoms with Crippen molar-refractivity contribution in [3.8, 4) is 17.6 Å². The van der Waals surface area contributed by atoms with E-state index in [-0.39, 0.29) is 5.92 Å². The molecule has 1 N–H and O–H groups in total. The largest absolute Gasteiger partial charge is 0.489 e. The van der Waals surface area contributed by atoms with Crippen molar-refractivity contribution in [1.82, 2.24) is 20.6 Å². The number of piperidine rings is 1. The van der Waals surface area contributed by atoms with Crippen molar-refractivity contribution in [2.75, 3.05) is 11.4 Å². The van der Waals surface area contributed by atoms with Gasteiger partial charge < -0.3 is 9.64 Å². The smallest absolute Gasteiger partial charge is 0.150 e. The van der Waals surface area contributed by atoms with Gasteiger partial charge in [0.05, 0.1) is 11.6 Å². The van der Waals surface area contributed by atoms with Crippen molar-refractivity contribution < 1.29 is 4.74 Å². The number of rotatable bonds is 7. The Hall–Kier alpha value is -3.37. The summed E-state index contributed by atoms with van der Waals surface area (Å²) in [6.45, 7) is 5.89. The van der Waals surface area contributed by atoms with Crippen molar-refractivity contribution in [3.05, 3.63) is 64.8 Å². The molecule has 2 aromatic carbocycles. The molecule has 3 heterocycles. The first-order valence-corrected chi connectivity index (χ1v) is 12.7. The summed E-state index contributed by atoms with van der Waals surface area (Å²) in [4.78, 5) is 2.58. The van der Waals surface area contributed by atoms with Crippen molar-refractivity contribution in [2.45, 2.75) is 58.1 Å². The molecule has 1 aliphatic heterocycles. The lowest BCUT2D eigenvalue weighted by Gasteiger charge is -2.35. The standard InChI is InChI=1S/C27H29N5OS/c1-3-6-22(16-27-28-30-31-29-27)21-9-11-23(12-10-21)33-17-20-8-13-26-24(15-20)25(18-34-26)32-14-5-4-7-19(32)2/h8-13,15,18-19,22H,4-5,7,14,16-17H2,1-2H3,(H,28,29,30,31). The molecule has 4 aromatic rings. The van der Waals surface area contributed by atoms with E-state index in [1.165, 1.54) is 40.6 Å². The first-order chi connectivity index (χ1) is 16.7. The normalized spacial score (nSPS) is 16.8. The zero-order valence-electron chi connectivity index (χ0n) is 19.6. The van der Waals surface area contributed by atoms with Crippen LogP contribution < -0.4 is 9.64 Å². The van der Waals surface area contributed by atoms with Gasteiger partial charge in [0.1, 0.15) is 18.2 Å². The van der Waals surface area contributed by atoms with Gasteiger partial charge in [0.2, 0.25) is 0 Å². The molecule has 7 heteroatoms. The maximum absolute atomic E-state index is 6.14. The number of fused-ring (bicyclic) bond motifs is 1. The van der Waals surface area contributed by atoms with Crippen LogP contribution in [0.3, 0.4) is 0 Å². The molecule has 0 amide bonds. The molecule has 34 heavy (non-hydrogen) atoms. The summed E-state index contributed by atoms with van der Waals surface area (Å²) in [6, 6.07) is 15.5. The number of aromatic amines is 1. The second-order valence-electron chi connectivity index (χ2n) is 8.85. The van der Waals surface area contributed by atoms with E-state index in [0.717, 1.165) is 23.7 Å². The Morgan fingerprint density at radius 2 is 2.09 bits per heavy atom. The minimum absolute atomic E-state index is 0.0328. The van der Waals surface area contributed by atoms with E-state index >= 15 is 0 Å². The van der Waals surface area contributed by atoms with E-state index in [0.29, 0.717) is 19.1 Å². The fraction of sp³-hybridized carbons (Fsp3) is 0.370. The Labute approximate surface area is 204 Å². The number of tetrazole rings is 1. The molecule has 2 aromatic heterocycles. The number of H-pyrrole nitrogens is 1. The number of nitrogens with zero attached hydrogens (tertiary/aromatic N) is 4. The topological polar surface area (TPSA) is 66.9 Å². The molecule has 1 aliphatic rings. The van der Waals surface area contributed by atoms with Crippen molar-refractivity contribution in [3.63, 3.8) is 0 Å². The lowest BCUT2D eigenvalue weighted by Crippen LogP contribution is -2.37. The van der Waals surface area contributed by atoms with Gasteiger partial charge in [-0.25, -0.2) is 5.10 Å². The number of nitrogens with one attached hydrogen (secondary N) is 1. The molecule has 0 aliphatic carbocycles. The molecule has 0 saturated carbocycles. The van der Waals surface area contributed by atoms with Crippen molar-refractivity contribution in [1.29, 1.82) is 0 Å². The monoisotopic (exact) mass is 471 g/mol. The quantitative estimate of drug-likeness (QED) is 0.349. The minimum Gasteiger partial charge on any atom is -0.489 e. The molecule has 2 unspecified atom stereocenters. The highest BCUT2D eigenvalue weighted by atomic mass is 32.1. The molecular formula is C27H29N5OS. The molecule has 0 radical (unpaired) electrons. The third-order valence-corrected chi connectivity index (χ3v) is 7.47. The zero-order valence-corrected chi connectivity index (χ0v) is 20.4. The van der Waals surface area contributed by atoms with E-state index in [1.807, 2.05) is 30.4 Å². The van der Waals surface area contributed by atoms with Crippen LogP contribution in [0.5, 0.6) is 5.75 Å². The summed E-state index contributed by atoms with van der Waals surface area (Å²) in [6.07, 6.45) is 4.53. The number of hydrogen-bond acceptors (Lipinski definition) is 6. The van der Waals surface area contributed by atoms with Crippen molar-refractivity contribution >= 4 is 27.1 Å². The Morgan fingerprint density at radius 3 is 2.85 bits per heavy atom. The van der Waals surface area contributed by atoms with Gasteiger partial charge in [0.15, 0.2) is 0 Å². The average Bonchev–Trinajstić information content (AvgIpc) is 3.53. The summed E-state index contributed by atoms with van der Waals surface area (Å²) < 4.78 is 7.48. The van der Waals surface area contributed by atoms with E-state index in [2.05, 4.69) is 80.0 Å². The Bertz CT molecular complexity index is 1290. The second-order valence-corrected chi connectivity index (χ2v) is 9.76. The molecule has 5 rings (SSSR count). The van der Waals surface area contributed by atoms with Crippen LogP contribution in [0.4, 0.5) is 5.69 Å². The molecule has 1 fully saturated rings. The highest BCUT2D eigenvalue weighted by molar-refractivity contribution is 7.17. The lowest BCUT2D eigenvalue weighted by molar-refractivity contribution is 0.306. The fourth-order valence-corrected chi connectivity index (χ4v) is 5.62. The summed E-state index contributed by atoms with van der Waals surface area (Å²) in [5, 5.41) is 17.8. The van der Waals surface area contributed by atoms with E-state index in [1.54, 1.807) is 0 Å². The van der Waals surface area contributed by atoms with Crippen LogP contribution in [0, 0.1) is 11.8 Å². The van der Waals surface area contributed by atoms with Gasteiger partial charge in [-0.3, -0.25) is 0 Å². The third kappa shape index (κ3) is 4.92. The number of ether oxygens (including phenoxy) is 1. The molecular weight excluding hydrogens is 442 g/mol. The number of thiophene rings is 1. The molecule has 6 nitrogen and oxygen atoms in total. The van der Waals surface area contributed by atoms with Gasteiger partial charge in [-0.2, -0.15) is 0 Å². The molecule has 0 spiro atoms. The van der Waals surface area contributed by atoms with Gasteiger partial charge in [0.25, 0.3) is 0 Å². The Kier molecular flexibility index (Phi) is 6.77. The average molecular weight is 472 g/mol. The van der Waals surface area contributed by atoms with E-state index < -0.39 is 0 Å². The predicted molar refractivity (Wildman–Crippen MR) is 137 cm³/mol.